The van der Waals surface area contributed by atoms with Crippen molar-refractivity contribution < 1.29 is 23.4 Å². The fraction of sp³-hybridized carbons (Fsp3) is 0.150. The minimum Gasteiger partial charge on any atom is -0.497 e. The van der Waals surface area contributed by atoms with Gasteiger partial charge in [0.1, 0.15) is 11.6 Å². The number of hydrogen-bond donors (Lipinski definition) is 1. The summed E-state index contributed by atoms with van der Waals surface area (Å²) < 4.78 is 29.8. The van der Waals surface area contributed by atoms with Gasteiger partial charge in [0.15, 0.2) is 18.2 Å². The van der Waals surface area contributed by atoms with Gasteiger partial charge in [-0.05, 0) is 42.5 Å². The summed E-state index contributed by atoms with van der Waals surface area (Å²) in [6.07, 6.45) is 3.16. The number of carbonyl (C=O) groups excluding carboxylic acids is 1. The molecule has 146 valence electrons. The summed E-state index contributed by atoms with van der Waals surface area (Å²) in [5.41, 5.74) is 0.919. The molecule has 0 saturated carbocycles. The van der Waals surface area contributed by atoms with E-state index in [1.807, 2.05) is 24.3 Å². The summed E-state index contributed by atoms with van der Waals surface area (Å²) in [5, 5.41) is 3.22. The maximum absolute atomic E-state index is 14.3. The van der Waals surface area contributed by atoms with Gasteiger partial charge < -0.3 is 19.5 Å². The topological polar surface area (TPSA) is 60.0 Å². The van der Waals surface area contributed by atoms with E-state index in [9.17, 15) is 9.18 Å². The minimum absolute atomic E-state index is 0.0519. The molecule has 3 rings (SSSR count). The molecule has 0 radical (unpaired) electrons. The van der Waals surface area contributed by atoms with Crippen molar-refractivity contribution in [2.24, 2.45) is 0 Å². The first-order valence-corrected chi connectivity index (χ1v) is 8.67. The van der Waals surface area contributed by atoms with Gasteiger partial charge in [-0.2, -0.15) is 0 Å². The number of carbonyl (C=O) groups is 1. The second-order valence-electron chi connectivity index (χ2n) is 5.68. The van der Waals surface area contributed by atoms with Crippen LogP contribution in [0.25, 0.3) is 0 Å². The first-order chi connectivity index (χ1) is 13.5. The highest BCUT2D eigenvalue weighted by Crippen LogP contribution is 2.36. The third-order valence-corrected chi connectivity index (χ3v) is 4.32. The summed E-state index contributed by atoms with van der Waals surface area (Å²) >= 11 is 6.13. The molecule has 1 heterocycles. The predicted molar refractivity (Wildman–Crippen MR) is 105 cm³/mol. The molecule has 28 heavy (non-hydrogen) atoms. The number of ether oxygens (including phenoxy) is 3. The second kappa shape index (κ2) is 8.67. The van der Waals surface area contributed by atoms with Crippen molar-refractivity contribution in [3.63, 3.8) is 0 Å². The van der Waals surface area contributed by atoms with Crippen LogP contribution in [0.4, 0.5) is 15.8 Å². The number of hydrogen-bond acceptors (Lipinski definition) is 6. The molecular weight excluding hydrogens is 387 g/mol. The maximum Gasteiger partial charge on any atom is 0.358 e. The normalized spacial score (nSPS) is 13.6. The summed E-state index contributed by atoms with van der Waals surface area (Å²) in [6, 6.07) is 11.6. The molecule has 0 aromatic heterocycles. The molecule has 0 unspecified atom stereocenters. The lowest BCUT2D eigenvalue weighted by atomic mass is 10.2. The monoisotopic (exact) mass is 404 g/mol. The van der Waals surface area contributed by atoms with Crippen LogP contribution in [-0.2, 0) is 14.3 Å². The van der Waals surface area contributed by atoms with E-state index in [-0.39, 0.29) is 28.9 Å². The number of nitrogens with zero attached hydrogens (tertiary/aromatic N) is 1. The highest BCUT2D eigenvalue weighted by atomic mass is 35.5. The molecule has 1 N–H and O–H groups in total. The summed E-state index contributed by atoms with van der Waals surface area (Å²) in [6.45, 7) is -0.0761. The Morgan fingerprint density at radius 1 is 1.25 bits per heavy atom. The van der Waals surface area contributed by atoms with Gasteiger partial charge >= 0.3 is 5.97 Å². The third-order valence-electron chi connectivity index (χ3n) is 4.01. The minimum atomic E-state index is -0.666. The molecule has 0 aliphatic carbocycles. The first kappa shape index (κ1) is 19.6. The van der Waals surface area contributed by atoms with Crippen LogP contribution in [0.3, 0.4) is 0 Å². The number of allylic oxidation sites excluding steroid dienone is 1. The van der Waals surface area contributed by atoms with E-state index in [1.165, 1.54) is 30.2 Å². The summed E-state index contributed by atoms with van der Waals surface area (Å²) in [5.74, 6) is -0.270. The number of nitrogens with one attached hydrogen (secondary N) is 1. The summed E-state index contributed by atoms with van der Waals surface area (Å²) in [4.78, 5) is 13.6. The van der Waals surface area contributed by atoms with Gasteiger partial charge in [-0.25, -0.2) is 9.18 Å². The number of halogens is 2. The van der Waals surface area contributed by atoms with Crippen molar-refractivity contribution in [1.29, 1.82) is 0 Å². The number of anilines is 2. The highest BCUT2D eigenvalue weighted by molar-refractivity contribution is 6.33. The number of esters is 1. The van der Waals surface area contributed by atoms with Gasteiger partial charge in [0, 0.05) is 11.9 Å². The lowest BCUT2D eigenvalue weighted by Gasteiger charge is -2.20. The number of benzene rings is 2. The standard InChI is InChI=1S/C20H18ClFN2O4/c1-26-14-8-6-13(7-9-14)23-11-10-17-19(20(25)27-2)24(12-28-17)18-15(21)4-3-5-16(18)22/h3-11,23H,12H2,1-2H3/b11-10+. The van der Waals surface area contributed by atoms with Gasteiger partial charge in [-0.15, -0.1) is 0 Å². The SMILES string of the molecule is COC(=O)C1=C(/C=C/Nc2ccc(OC)cc2)OCN1c1c(F)cccc1Cl. The zero-order chi connectivity index (χ0) is 20.1. The Labute approximate surface area is 166 Å². The van der Waals surface area contributed by atoms with E-state index >= 15 is 0 Å². The Balaban J connectivity index is 1.87. The second-order valence-corrected chi connectivity index (χ2v) is 6.09. The lowest BCUT2D eigenvalue weighted by Crippen LogP contribution is -2.26. The van der Waals surface area contributed by atoms with Gasteiger partial charge in [-0.3, -0.25) is 4.90 Å². The molecule has 0 atom stereocenters. The van der Waals surface area contributed by atoms with Crippen molar-refractivity contribution in [2.45, 2.75) is 0 Å². The predicted octanol–water partition coefficient (Wildman–Crippen LogP) is 4.29. The Morgan fingerprint density at radius 3 is 2.64 bits per heavy atom. The van der Waals surface area contributed by atoms with Gasteiger partial charge in [-0.1, -0.05) is 17.7 Å². The quantitative estimate of drug-likeness (QED) is 0.725. The molecule has 8 heteroatoms. The van der Waals surface area contributed by atoms with Crippen molar-refractivity contribution in [1.82, 2.24) is 0 Å². The molecule has 1 aliphatic rings. The lowest BCUT2D eigenvalue weighted by molar-refractivity contribution is -0.136. The highest BCUT2D eigenvalue weighted by Gasteiger charge is 2.33. The van der Waals surface area contributed by atoms with Crippen LogP contribution < -0.4 is 15.0 Å². The van der Waals surface area contributed by atoms with Crippen molar-refractivity contribution in [2.75, 3.05) is 31.2 Å². The molecule has 6 nitrogen and oxygen atoms in total. The van der Waals surface area contributed by atoms with Crippen LogP contribution in [0.15, 0.2) is 66.2 Å². The number of para-hydroxylation sites is 1. The van der Waals surface area contributed by atoms with Crippen molar-refractivity contribution in [3.05, 3.63) is 77.0 Å². The first-order valence-electron chi connectivity index (χ1n) is 8.29. The molecule has 0 bridgehead atoms. The van der Waals surface area contributed by atoms with Gasteiger partial charge in [0.2, 0.25) is 0 Å². The molecule has 2 aromatic rings. The van der Waals surface area contributed by atoms with E-state index in [0.29, 0.717) is 0 Å². The van der Waals surface area contributed by atoms with Gasteiger partial charge in [0.25, 0.3) is 0 Å². The van der Waals surface area contributed by atoms with E-state index in [1.54, 1.807) is 19.4 Å². The zero-order valence-corrected chi connectivity index (χ0v) is 16.0. The van der Waals surface area contributed by atoms with E-state index < -0.39 is 11.8 Å². The van der Waals surface area contributed by atoms with E-state index in [2.05, 4.69) is 5.32 Å². The Bertz CT molecular complexity index is 908. The number of rotatable bonds is 6. The Morgan fingerprint density at radius 2 is 2.00 bits per heavy atom. The van der Waals surface area contributed by atoms with Crippen molar-refractivity contribution in [3.8, 4) is 5.75 Å². The van der Waals surface area contributed by atoms with Gasteiger partial charge in [0.05, 0.1) is 24.9 Å². The van der Waals surface area contributed by atoms with Crippen molar-refractivity contribution >= 4 is 28.9 Å². The maximum atomic E-state index is 14.3. The average molecular weight is 405 g/mol. The molecule has 0 saturated heterocycles. The van der Waals surface area contributed by atoms with Crippen LogP contribution in [0, 0.1) is 5.82 Å². The zero-order valence-electron chi connectivity index (χ0n) is 15.2. The van der Waals surface area contributed by atoms with Crippen LogP contribution in [0.5, 0.6) is 5.75 Å². The fourth-order valence-corrected chi connectivity index (χ4v) is 2.92. The molecule has 0 amide bonds. The Hall–Kier alpha value is -3.19. The Kier molecular flexibility index (Phi) is 6.06. The molecular formula is C20H18ClFN2O4. The molecule has 2 aromatic carbocycles. The van der Waals surface area contributed by atoms with E-state index in [0.717, 1.165) is 11.4 Å². The van der Waals surface area contributed by atoms with E-state index in [4.69, 9.17) is 25.8 Å². The smallest absolute Gasteiger partial charge is 0.358 e. The third kappa shape index (κ3) is 4.04. The molecule has 0 fully saturated rings. The van der Waals surface area contributed by atoms with Crippen LogP contribution in [0.1, 0.15) is 0 Å². The molecule has 0 spiro atoms. The van der Waals surface area contributed by atoms with Crippen LogP contribution in [0.2, 0.25) is 5.02 Å². The number of methoxy groups -OCH3 is 2. The van der Waals surface area contributed by atoms with Crippen LogP contribution in [-0.4, -0.2) is 26.9 Å². The van der Waals surface area contributed by atoms with Crippen LogP contribution >= 0.6 is 11.6 Å². The fourth-order valence-electron chi connectivity index (χ4n) is 2.66. The average Bonchev–Trinajstić information content (AvgIpc) is 3.11. The summed E-state index contributed by atoms with van der Waals surface area (Å²) in [7, 11) is 2.83. The largest absolute Gasteiger partial charge is 0.497 e. The molecule has 1 aliphatic heterocycles.